The van der Waals surface area contributed by atoms with Gasteiger partial charge in [0.1, 0.15) is 0 Å². The Bertz CT molecular complexity index is 581. The van der Waals surface area contributed by atoms with E-state index >= 15 is 0 Å². The first-order valence-electron chi connectivity index (χ1n) is 9.72. The zero-order valence-electron chi connectivity index (χ0n) is 17.6. The fraction of sp³-hybridized carbons (Fsp3) is 0.583. The molecule has 0 heterocycles. The minimum Gasteiger partial charge on any atom is -0.327 e. The van der Waals surface area contributed by atoms with Crippen LogP contribution in [0.3, 0.4) is 0 Å². The summed E-state index contributed by atoms with van der Waals surface area (Å²) in [6.07, 6.45) is 18.6. The molecule has 0 amide bonds. The smallest absolute Gasteiger partial charge is 0.0112 e. The van der Waals surface area contributed by atoms with Gasteiger partial charge in [-0.3, -0.25) is 0 Å². The van der Waals surface area contributed by atoms with Crippen molar-refractivity contribution in [1.82, 2.24) is 0 Å². The highest BCUT2D eigenvalue weighted by atomic mass is 14.5. The molecule has 1 nitrogen and oxygen atoms in total. The van der Waals surface area contributed by atoms with Gasteiger partial charge in [0.25, 0.3) is 0 Å². The SMILES string of the molecule is CC1=C(/C=C/C(=C/C=C/C(=C/CN)C(C)(C)C)C(C)(C)C)CCCC1. The van der Waals surface area contributed by atoms with Crippen LogP contribution in [0.15, 0.2) is 58.7 Å². The molecule has 0 unspecified atom stereocenters. The van der Waals surface area contributed by atoms with Crippen molar-refractivity contribution in [1.29, 1.82) is 0 Å². The summed E-state index contributed by atoms with van der Waals surface area (Å²) in [6.45, 7) is 16.4. The van der Waals surface area contributed by atoms with Crippen molar-refractivity contribution in [2.24, 2.45) is 16.6 Å². The molecule has 0 saturated carbocycles. The molecule has 0 aromatic carbocycles. The molecule has 0 aliphatic heterocycles. The van der Waals surface area contributed by atoms with E-state index in [4.69, 9.17) is 5.73 Å². The molecule has 1 rings (SSSR count). The van der Waals surface area contributed by atoms with Crippen molar-refractivity contribution in [3.05, 3.63) is 58.7 Å². The summed E-state index contributed by atoms with van der Waals surface area (Å²) in [5.74, 6) is 0. The number of allylic oxidation sites excluding steroid dienone is 9. The predicted molar refractivity (Wildman–Crippen MR) is 114 cm³/mol. The molecular formula is C24H39N. The number of rotatable bonds is 5. The third-order valence-corrected chi connectivity index (χ3v) is 4.88. The van der Waals surface area contributed by atoms with E-state index in [1.165, 1.54) is 42.4 Å². The summed E-state index contributed by atoms with van der Waals surface area (Å²) in [5, 5.41) is 0. The van der Waals surface area contributed by atoms with Crippen molar-refractivity contribution in [2.75, 3.05) is 6.54 Å². The van der Waals surface area contributed by atoms with Gasteiger partial charge >= 0.3 is 0 Å². The quantitative estimate of drug-likeness (QED) is 0.541. The normalized spacial score (nSPS) is 18.7. The van der Waals surface area contributed by atoms with Crippen LogP contribution in [0.4, 0.5) is 0 Å². The van der Waals surface area contributed by atoms with E-state index in [9.17, 15) is 0 Å². The van der Waals surface area contributed by atoms with Crippen molar-refractivity contribution >= 4 is 0 Å². The van der Waals surface area contributed by atoms with Gasteiger partial charge in [-0.15, -0.1) is 0 Å². The number of nitrogens with two attached hydrogens (primary N) is 1. The van der Waals surface area contributed by atoms with E-state index in [-0.39, 0.29) is 10.8 Å². The fourth-order valence-corrected chi connectivity index (χ4v) is 3.06. The van der Waals surface area contributed by atoms with Crippen molar-refractivity contribution in [2.45, 2.75) is 74.1 Å². The van der Waals surface area contributed by atoms with E-state index in [0.29, 0.717) is 6.54 Å². The van der Waals surface area contributed by atoms with Crippen LogP contribution in [-0.4, -0.2) is 6.54 Å². The largest absolute Gasteiger partial charge is 0.327 e. The van der Waals surface area contributed by atoms with Gasteiger partial charge in [0.2, 0.25) is 0 Å². The molecule has 0 saturated heterocycles. The van der Waals surface area contributed by atoms with E-state index in [0.717, 1.165) is 0 Å². The Hall–Kier alpha value is -1.34. The topological polar surface area (TPSA) is 26.0 Å². The van der Waals surface area contributed by atoms with Gasteiger partial charge < -0.3 is 5.73 Å². The first-order valence-corrected chi connectivity index (χ1v) is 9.72. The van der Waals surface area contributed by atoms with E-state index < -0.39 is 0 Å². The summed E-state index contributed by atoms with van der Waals surface area (Å²) in [6, 6.07) is 0. The highest BCUT2D eigenvalue weighted by molar-refractivity contribution is 5.37. The van der Waals surface area contributed by atoms with E-state index in [2.05, 4.69) is 84.9 Å². The van der Waals surface area contributed by atoms with Gasteiger partial charge in [0.15, 0.2) is 0 Å². The summed E-state index contributed by atoms with van der Waals surface area (Å²) in [5.41, 5.74) is 11.7. The van der Waals surface area contributed by atoms with Gasteiger partial charge in [-0.2, -0.15) is 0 Å². The minimum atomic E-state index is 0.117. The summed E-state index contributed by atoms with van der Waals surface area (Å²) in [7, 11) is 0. The molecular weight excluding hydrogens is 302 g/mol. The monoisotopic (exact) mass is 341 g/mol. The van der Waals surface area contributed by atoms with Gasteiger partial charge in [-0.05, 0) is 60.2 Å². The maximum Gasteiger partial charge on any atom is 0.0112 e. The highest BCUT2D eigenvalue weighted by Gasteiger charge is 2.16. The van der Waals surface area contributed by atoms with Crippen LogP contribution in [0.2, 0.25) is 0 Å². The maximum atomic E-state index is 5.73. The standard InChI is InChI=1S/C24H39N/c1-19-11-8-9-12-20(19)15-16-21(23(2,3)4)13-10-14-22(17-18-25)24(5,6)7/h10,13-17H,8-9,11-12,18,25H2,1-7H3/b14-10+,16-15+,21-13-,22-17-. The van der Waals surface area contributed by atoms with Crippen LogP contribution < -0.4 is 5.73 Å². The lowest BCUT2D eigenvalue weighted by Crippen LogP contribution is -2.10. The minimum absolute atomic E-state index is 0.117. The molecule has 140 valence electrons. The lowest BCUT2D eigenvalue weighted by Gasteiger charge is -2.22. The first-order chi connectivity index (χ1) is 11.6. The second kappa shape index (κ2) is 9.38. The van der Waals surface area contributed by atoms with Crippen LogP contribution in [0, 0.1) is 10.8 Å². The number of hydrogen-bond acceptors (Lipinski definition) is 1. The summed E-state index contributed by atoms with van der Waals surface area (Å²) < 4.78 is 0. The molecule has 0 aromatic rings. The van der Waals surface area contributed by atoms with E-state index in [1.807, 2.05) is 0 Å². The van der Waals surface area contributed by atoms with Crippen molar-refractivity contribution in [3.63, 3.8) is 0 Å². The van der Waals surface area contributed by atoms with Gasteiger partial charge in [-0.25, -0.2) is 0 Å². The second-order valence-electron chi connectivity index (χ2n) is 9.22. The lowest BCUT2D eigenvalue weighted by atomic mass is 9.83. The third-order valence-electron chi connectivity index (χ3n) is 4.88. The van der Waals surface area contributed by atoms with Gasteiger partial charge in [0.05, 0.1) is 0 Å². The molecule has 0 aromatic heterocycles. The lowest BCUT2D eigenvalue weighted by molar-refractivity contribution is 0.514. The molecule has 1 heteroatoms. The Labute approximate surface area is 156 Å². The first kappa shape index (κ1) is 21.7. The molecule has 0 bridgehead atoms. The molecule has 0 atom stereocenters. The summed E-state index contributed by atoms with van der Waals surface area (Å²) in [4.78, 5) is 0. The molecule has 1 aliphatic carbocycles. The van der Waals surface area contributed by atoms with Gasteiger partial charge in [-0.1, -0.05) is 83.6 Å². The molecule has 0 radical (unpaired) electrons. The zero-order valence-corrected chi connectivity index (χ0v) is 17.6. The second-order valence-corrected chi connectivity index (χ2v) is 9.22. The summed E-state index contributed by atoms with van der Waals surface area (Å²) >= 11 is 0. The molecule has 1 aliphatic rings. The van der Waals surface area contributed by atoms with Crippen molar-refractivity contribution < 1.29 is 0 Å². The maximum absolute atomic E-state index is 5.73. The van der Waals surface area contributed by atoms with Gasteiger partial charge in [0, 0.05) is 6.54 Å². The Morgan fingerprint density at radius 1 is 0.920 bits per heavy atom. The Kier molecular flexibility index (Phi) is 8.15. The number of hydrogen-bond donors (Lipinski definition) is 1. The highest BCUT2D eigenvalue weighted by Crippen LogP contribution is 2.30. The van der Waals surface area contributed by atoms with Crippen LogP contribution in [0.5, 0.6) is 0 Å². The predicted octanol–water partition coefficient (Wildman–Crippen LogP) is 6.89. The fourth-order valence-electron chi connectivity index (χ4n) is 3.06. The molecule has 25 heavy (non-hydrogen) atoms. The van der Waals surface area contributed by atoms with E-state index in [1.54, 1.807) is 5.57 Å². The van der Waals surface area contributed by atoms with Crippen LogP contribution in [0.1, 0.15) is 74.1 Å². The Balaban J connectivity index is 3.05. The average Bonchev–Trinajstić information content (AvgIpc) is 2.48. The molecule has 2 N–H and O–H groups in total. The molecule has 0 fully saturated rings. The van der Waals surface area contributed by atoms with Crippen LogP contribution >= 0.6 is 0 Å². The van der Waals surface area contributed by atoms with Crippen molar-refractivity contribution in [3.8, 4) is 0 Å². The van der Waals surface area contributed by atoms with Crippen LogP contribution in [0.25, 0.3) is 0 Å². The Morgan fingerprint density at radius 3 is 2.04 bits per heavy atom. The molecule has 0 spiro atoms. The Morgan fingerprint density at radius 2 is 1.52 bits per heavy atom. The van der Waals surface area contributed by atoms with Crippen LogP contribution in [-0.2, 0) is 0 Å². The zero-order chi connectivity index (χ0) is 19.1. The average molecular weight is 342 g/mol. The third kappa shape index (κ3) is 7.61.